The van der Waals surface area contributed by atoms with Crippen LogP contribution in [0, 0.1) is 10.1 Å². The Balaban J connectivity index is 2.25. The van der Waals surface area contributed by atoms with Crippen LogP contribution in [0.15, 0.2) is 18.9 Å². The molecule has 0 bridgehead atoms. The van der Waals surface area contributed by atoms with Crippen molar-refractivity contribution in [3.8, 4) is 6.01 Å². The maximum Gasteiger partial charge on any atom is 0.414 e. The lowest BCUT2D eigenvalue weighted by atomic mass is 10.0. The topological polar surface area (TPSA) is 73.4 Å². The molecule has 2 rings (SSSR count). The number of rotatable bonds is 3. The second-order valence-corrected chi connectivity index (χ2v) is 5.17. The van der Waals surface area contributed by atoms with Gasteiger partial charge in [-0.1, -0.05) is 6.08 Å². The van der Waals surface area contributed by atoms with Crippen molar-refractivity contribution in [3.63, 3.8) is 0 Å². The van der Waals surface area contributed by atoms with Crippen molar-refractivity contribution in [1.82, 2.24) is 14.5 Å². The van der Waals surface area contributed by atoms with Crippen LogP contribution >= 0.6 is 0 Å². The number of hydrogen-bond donors (Lipinski definition) is 0. The van der Waals surface area contributed by atoms with Gasteiger partial charge in [-0.3, -0.25) is 9.47 Å². The first-order valence-electron chi connectivity index (χ1n) is 6.14. The van der Waals surface area contributed by atoms with E-state index < -0.39 is 4.92 Å². The predicted molar refractivity (Wildman–Crippen MR) is 70.2 cm³/mol. The van der Waals surface area contributed by atoms with Crippen molar-refractivity contribution in [3.05, 3.63) is 29.0 Å². The van der Waals surface area contributed by atoms with Crippen molar-refractivity contribution in [2.45, 2.75) is 25.9 Å². The Morgan fingerprint density at radius 1 is 1.63 bits per heavy atom. The van der Waals surface area contributed by atoms with Crippen LogP contribution in [0.2, 0.25) is 0 Å². The number of hydrogen-bond acceptors (Lipinski definition) is 5. The Hall–Kier alpha value is -1.89. The molecule has 2 heterocycles. The molecule has 7 heteroatoms. The monoisotopic (exact) mass is 266 g/mol. The zero-order chi connectivity index (χ0) is 14.0. The number of nitrogens with zero attached hydrogens (tertiary/aromatic N) is 4. The molecule has 0 N–H and O–H groups in total. The summed E-state index contributed by atoms with van der Waals surface area (Å²) >= 11 is 0. The van der Waals surface area contributed by atoms with E-state index in [1.54, 1.807) is 4.57 Å². The fourth-order valence-corrected chi connectivity index (χ4v) is 2.11. The quantitative estimate of drug-likeness (QED) is 0.470. The van der Waals surface area contributed by atoms with Gasteiger partial charge >= 0.3 is 11.8 Å². The average molecular weight is 266 g/mol. The molecule has 104 valence electrons. The molecule has 0 amide bonds. The number of imidazole rings is 1. The van der Waals surface area contributed by atoms with E-state index in [4.69, 9.17) is 4.74 Å². The molecule has 1 aromatic heterocycles. The first-order chi connectivity index (χ1) is 8.94. The van der Waals surface area contributed by atoms with Crippen LogP contribution in [0.3, 0.4) is 0 Å². The number of fused-ring (bicyclic) bond motifs is 1. The van der Waals surface area contributed by atoms with E-state index >= 15 is 0 Å². The zero-order valence-electron chi connectivity index (χ0n) is 11.2. The second-order valence-electron chi connectivity index (χ2n) is 5.17. The minimum atomic E-state index is -0.506. The van der Waals surface area contributed by atoms with Gasteiger partial charge in [0.1, 0.15) is 12.8 Å². The fourth-order valence-electron chi connectivity index (χ4n) is 2.11. The van der Waals surface area contributed by atoms with Gasteiger partial charge < -0.3 is 14.9 Å². The summed E-state index contributed by atoms with van der Waals surface area (Å²) in [4.78, 5) is 16.4. The van der Waals surface area contributed by atoms with E-state index in [0.717, 1.165) is 13.1 Å². The minimum absolute atomic E-state index is 0.166. The van der Waals surface area contributed by atoms with Gasteiger partial charge in [-0.15, -0.1) is 6.58 Å². The maximum atomic E-state index is 10.7. The van der Waals surface area contributed by atoms with Gasteiger partial charge in [0, 0.05) is 30.2 Å². The van der Waals surface area contributed by atoms with Gasteiger partial charge in [0.25, 0.3) is 0 Å². The summed E-state index contributed by atoms with van der Waals surface area (Å²) in [5, 5.41) is 10.7. The fraction of sp³-hybridized carbons (Fsp3) is 0.583. The molecular weight excluding hydrogens is 248 g/mol. The SMILES string of the molecule is C=CCN1CCn2cc([N+](=O)[O-])nc2OCC1(C)C. The summed E-state index contributed by atoms with van der Waals surface area (Å²) in [5.41, 5.74) is -0.166. The molecule has 0 unspecified atom stereocenters. The molecule has 0 radical (unpaired) electrons. The summed E-state index contributed by atoms with van der Waals surface area (Å²) in [5.74, 6) is -0.176. The highest BCUT2D eigenvalue weighted by Crippen LogP contribution is 2.23. The van der Waals surface area contributed by atoms with Gasteiger partial charge in [0.2, 0.25) is 0 Å². The highest BCUT2D eigenvalue weighted by Gasteiger charge is 2.32. The first kappa shape index (κ1) is 13.5. The molecular formula is C12H18N4O3. The van der Waals surface area contributed by atoms with Crippen LogP contribution in [0.25, 0.3) is 0 Å². The normalized spacial score (nSPS) is 18.8. The summed E-state index contributed by atoms with van der Waals surface area (Å²) in [6.45, 7) is 10.5. The molecule has 1 aromatic rings. The van der Waals surface area contributed by atoms with E-state index in [2.05, 4.69) is 30.3 Å². The summed E-state index contributed by atoms with van der Waals surface area (Å²) in [7, 11) is 0. The molecule has 1 aliphatic rings. The maximum absolute atomic E-state index is 10.7. The average Bonchev–Trinajstić information content (AvgIpc) is 2.73. The highest BCUT2D eigenvalue weighted by molar-refractivity contribution is 5.21. The molecule has 0 atom stereocenters. The van der Waals surface area contributed by atoms with Gasteiger partial charge in [0.15, 0.2) is 0 Å². The Morgan fingerprint density at radius 2 is 2.37 bits per heavy atom. The van der Waals surface area contributed by atoms with Gasteiger partial charge in [-0.2, -0.15) is 0 Å². The van der Waals surface area contributed by atoms with E-state index in [0.29, 0.717) is 19.2 Å². The second kappa shape index (κ2) is 5.00. The van der Waals surface area contributed by atoms with Crippen molar-refractivity contribution >= 4 is 5.82 Å². The highest BCUT2D eigenvalue weighted by atomic mass is 16.6. The van der Waals surface area contributed by atoms with Crippen molar-refractivity contribution < 1.29 is 9.66 Å². The number of aromatic nitrogens is 2. The van der Waals surface area contributed by atoms with Crippen molar-refractivity contribution in [2.75, 3.05) is 19.7 Å². The molecule has 0 saturated heterocycles. The molecule has 0 saturated carbocycles. The van der Waals surface area contributed by atoms with Crippen LogP contribution in [0.5, 0.6) is 6.01 Å². The molecule has 0 fully saturated rings. The molecule has 0 aliphatic carbocycles. The Morgan fingerprint density at radius 3 is 3.00 bits per heavy atom. The van der Waals surface area contributed by atoms with Gasteiger partial charge in [-0.25, -0.2) is 0 Å². The van der Waals surface area contributed by atoms with E-state index in [1.165, 1.54) is 6.20 Å². The Bertz CT molecular complexity index is 495. The van der Waals surface area contributed by atoms with Crippen LogP contribution < -0.4 is 4.74 Å². The molecule has 0 aromatic carbocycles. The smallest absolute Gasteiger partial charge is 0.414 e. The third kappa shape index (κ3) is 2.76. The van der Waals surface area contributed by atoms with E-state index in [9.17, 15) is 10.1 Å². The summed E-state index contributed by atoms with van der Waals surface area (Å²) in [6, 6.07) is 0.318. The third-order valence-electron chi connectivity index (χ3n) is 3.29. The van der Waals surface area contributed by atoms with Crippen molar-refractivity contribution in [2.24, 2.45) is 0 Å². The molecule has 19 heavy (non-hydrogen) atoms. The summed E-state index contributed by atoms with van der Waals surface area (Å²) in [6.07, 6.45) is 3.26. The van der Waals surface area contributed by atoms with Crippen LogP contribution in [-0.2, 0) is 6.54 Å². The van der Waals surface area contributed by atoms with Crippen molar-refractivity contribution in [1.29, 1.82) is 0 Å². The largest absolute Gasteiger partial charge is 0.444 e. The lowest BCUT2D eigenvalue weighted by molar-refractivity contribution is -0.389. The molecule has 0 spiro atoms. The lowest BCUT2D eigenvalue weighted by Gasteiger charge is -2.38. The minimum Gasteiger partial charge on any atom is -0.444 e. The summed E-state index contributed by atoms with van der Waals surface area (Å²) < 4.78 is 7.31. The number of ether oxygens (including phenoxy) is 1. The Kier molecular flexibility index (Phi) is 3.57. The van der Waals surface area contributed by atoms with Gasteiger partial charge in [-0.05, 0) is 18.8 Å². The molecule has 7 nitrogen and oxygen atoms in total. The predicted octanol–water partition coefficient (Wildman–Crippen LogP) is 1.45. The zero-order valence-corrected chi connectivity index (χ0v) is 11.2. The first-order valence-corrected chi connectivity index (χ1v) is 6.14. The van der Waals surface area contributed by atoms with Gasteiger partial charge in [0.05, 0.1) is 0 Å². The van der Waals surface area contributed by atoms with Crippen LogP contribution in [0.1, 0.15) is 13.8 Å². The third-order valence-corrected chi connectivity index (χ3v) is 3.29. The van der Waals surface area contributed by atoms with E-state index in [1.807, 2.05) is 6.08 Å². The van der Waals surface area contributed by atoms with Crippen LogP contribution in [-0.4, -0.2) is 44.6 Å². The van der Waals surface area contributed by atoms with E-state index in [-0.39, 0.29) is 11.4 Å². The van der Waals surface area contributed by atoms with Crippen LogP contribution in [0.4, 0.5) is 5.82 Å². The number of nitro groups is 1. The Labute approximate surface area is 111 Å². The lowest BCUT2D eigenvalue weighted by Crippen LogP contribution is -2.50. The molecule has 1 aliphatic heterocycles. The standard InChI is InChI=1S/C12H18N4O3/c1-4-5-15-7-6-14-8-10(16(17)18)13-11(14)19-9-12(15,2)3/h4,8H,1,5-7,9H2,2-3H3.